The van der Waals surface area contributed by atoms with E-state index in [1.54, 1.807) is 0 Å². The molecular formula is C15H29NO. The van der Waals surface area contributed by atoms with Crippen LogP contribution in [0.3, 0.4) is 0 Å². The Labute approximate surface area is 106 Å². The van der Waals surface area contributed by atoms with Crippen molar-refractivity contribution in [1.82, 2.24) is 4.90 Å². The first kappa shape index (κ1) is 13.4. The molecule has 0 spiro atoms. The summed E-state index contributed by atoms with van der Waals surface area (Å²) in [6.45, 7) is 4.22. The van der Waals surface area contributed by atoms with Crippen LogP contribution >= 0.6 is 0 Å². The van der Waals surface area contributed by atoms with Crippen molar-refractivity contribution in [1.29, 1.82) is 0 Å². The van der Waals surface area contributed by atoms with Gasteiger partial charge < -0.3 is 5.11 Å². The maximum Gasteiger partial charge on any atom is 0.0512 e. The number of hydrogen-bond acceptors (Lipinski definition) is 2. The first-order valence-electron chi connectivity index (χ1n) is 7.67. The van der Waals surface area contributed by atoms with Gasteiger partial charge in [-0.1, -0.05) is 13.3 Å². The molecule has 2 nitrogen and oxygen atoms in total. The maximum atomic E-state index is 9.34. The topological polar surface area (TPSA) is 23.5 Å². The third-order valence-corrected chi connectivity index (χ3v) is 4.71. The molecule has 0 aromatic carbocycles. The minimum Gasteiger partial charge on any atom is -0.393 e. The molecule has 2 heterocycles. The number of fused-ring (bicyclic) bond motifs is 1. The largest absolute Gasteiger partial charge is 0.393 e. The van der Waals surface area contributed by atoms with E-state index in [1.807, 2.05) is 6.92 Å². The lowest BCUT2D eigenvalue weighted by Crippen LogP contribution is -2.38. The number of hydrogen-bond donors (Lipinski definition) is 1. The molecule has 2 fully saturated rings. The van der Waals surface area contributed by atoms with Crippen LogP contribution in [0.5, 0.6) is 0 Å². The van der Waals surface area contributed by atoms with Crippen LogP contribution in [0, 0.1) is 0 Å². The first-order valence-corrected chi connectivity index (χ1v) is 7.67. The highest BCUT2D eigenvalue weighted by Gasteiger charge is 2.41. The summed E-state index contributed by atoms with van der Waals surface area (Å²) >= 11 is 0. The van der Waals surface area contributed by atoms with Gasteiger partial charge in [0.1, 0.15) is 0 Å². The van der Waals surface area contributed by atoms with E-state index >= 15 is 0 Å². The molecule has 2 saturated heterocycles. The zero-order valence-electron chi connectivity index (χ0n) is 11.6. The number of nitrogens with zero attached hydrogens (tertiary/aromatic N) is 1. The van der Waals surface area contributed by atoms with Crippen LogP contribution in [0.4, 0.5) is 0 Å². The molecule has 0 aromatic rings. The van der Waals surface area contributed by atoms with Gasteiger partial charge in [0.05, 0.1) is 6.10 Å². The van der Waals surface area contributed by atoms with Gasteiger partial charge in [0.15, 0.2) is 0 Å². The fraction of sp³-hybridized carbons (Fsp3) is 1.00. The predicted molar refractivity (Wildman–Crippen MR) is 72.1 cm³/mol. The summed E-state index contributed by atoms with van der Waals surface area (Å²) in [5.74, 6) is 0. The average molecular weight is 239 g/mol. The molecule has 17 heavy (non-hydrogen) atoms. The van der Waals surface area contributed by atoms with E-state index in [9.17, 15) is 5.11 Å². The van der Waals surface area contributed by atoms with E-state index in [0.717, 1.165) is 24.5 Å². The van der Waals surface area contributed by atoms with E-state index in [0.29, 0.717) is 0 Å². The summed E-state index contributed by atoms with van der Waals surface area (Å²) in [4.78, 5) is 2.85. The van der Waals surface area contributed by atoms with Gasteiger partial charge in [0.2, 0.25) is 0 Å². The summed E-state index contributed by atoms with van der Waals surface area (Å²) in [5.41, 5.74) is 0. The SMILES string of the molecule is CCCC1CCC2CCC(CCCC(C)O)N12. The van der Waals surface area contributed by atoms with Crippen molar-refractivity contribution in [2.75, 3.05) is 0 Å². The highest BCUT2D eigenvalue weighted by atomic mass is 16.3. The highest BCUT2D eigenvalue weighted by molar-refractivity contribution is 4.97. The maximum absolute atomic E-state index is 9.34. The van der Waals surface area contributed by atoms with Crippen LogP contribution in [-0.2, 0) is 0 Å². The van der Waals surface area contributed by atoms with Gasteiger partial charge in [-0.25, -0.2) is 0 Å². The van der Waals surface area contributed by atoms with Crippen LogP contribution in [0.2, 0.25) is 0 Å². The molecule has 4 atom stereocenters. The lowest BCUT2D eigenvalue weighted by atomic mass is 10.0. The Bertz CT molecular complexity index is 227. The number of aliphatic hydroxyl groups is 1. The minimum absolute atomic E-state index is 0.114. The van der Waals surface area contributed by atoms with E-state index < -0.39 is 0 Å². The van der Waals surface area contributed by atoms with E-state index in [-0.39, 0.29) is 6.10 Å². The second-order valence-electron chi connectivity index (χ2n) is 6.13. The highest BCUT2D eigenvalue weighted by Crippen LogP contribution is 2.39. The van der Waals surface area contributed by atoms with E-state index in [4.69, 9.17) is 0 Å². The average Bonchev–Trinajstić information content (AvgIpc) is 2.83. The zero-order valence-corrected chi connectivity index (χ0v) is 11.6. The van der Waals surface area contributed by atoms with Gasteiger partial charge in [-0.2, -0.15) is 0 Å². The fourth-order valence-electron chi connectivity index (χ4n) is 3.97. The molecule has 2 aliphatic heterocycles. The standard InChI is InChI=1S/C15H29NO/c1-3-5-13-8-10-15-11-9-14(16(13)15)7-4-6-12(2)17/h12-15,17H,3-11H2,1-2H3. The monoisotopic (exact) mass is 239 g/mol. The molecule has 0 aromatic heterocycles. The van der Waals surface area contributed by atoms with Gasteiger partial charge in [0.25, 0.3) is 0 Å². The Kier molecular flexibility index (Phi) is 4.87. The molecule has 0 amide bonds. The molecule has 0 bridgehead atoms. The molecule has 2 aliphatic rings. The summed E-state index contributed by atoms with van der Waals surface area (Å²) < 4.78 is 0. The second-order valence-corrected chi connectivity index (χ2v) is 6.13. The van der Waals surface area contributed by atoms with Crippen molar-refractivity contribution in [3.05, 3.63) is 0 Å². The van der Waals surface area contributed by atoms with Crippen LogP contribution in [0.25, 0.3) is 0 Å². The van der Waals surface area contributed by atoms with Crippen LogP contribution in [0.15, 0.2) is 0 Å². The second kappa shape index (κ2) is 6.19. The lowest BCUT2D eigenvalue weighted by molar-refractivity contribution is 0.148. The molecule has 0 radical (unpaired) electrons. The van der Waals surface area contributed by atoms with Gasteiger partial charge in [-0.05, 0) is 58.3 Å². The molecule has 2 heteroatoms. The van der Waals surface area contributed by atoms with E-state index in [2.05, 4.69) is 11.8 Å². The minimum atomic E-state index is -0.114. The molecule has 100 valence electrons. The molecular weight excluding hydrogens is 210 g/mol. The van der Waals surface area contributed by atoms with Gasteiger partial charge >= 0.3 is 0 Å². The summed E-state index contributed by atoms with van der Waals surface area (Å²) in [5, 5.41) is 9.34. The number of rotatable bonds is 6. The molecule has 2 rings (SSSR count). The molecule has 4 unspecified atom stereocenters. The lowest BCUT2D eigenvalue weighted by Gasteiger charge is -2.30. The Morgan fingerprint density at radius 1 is 1.12 bits per heavy atom. The zero-order chi connectivity index (χ0) is 12.3. The molecule has 0 saturated carbocycles. The molecule has 0 aliphatic carbocycles. The summed E-state index contributed by atoms with van der Waals surface area (Å²) in [6.07, 6.45) is 11.8. The van der Waals surface area contributed by atoms with Crippen molar-refractivity contribution < 1.29 is 5.11 Å². The fourth-order valence-corrected chi connectivity index (χ4v) is 3.97. The van der Waals surface area contributed by atoms with Gasteiger partial charge in [-0.3, -0.25) is 4.90 Å². The molecule has 1 N–H and O–H groups in total. The number of aliphatic hydroxyl groups excluding tert-OH is 1. The van der Waals surface area contributed by atoms with Crippen molar-refractivity contribution >= 4 is 0 Å². The Balaban J connectivity index is 1.81. The normalized spacial score (nSPS) is 35.1. The third kappa shape index (κ3) is 3.23. The first-order chi connectivity index (χ1) is 8.22. The smallest absolute Gasteiger partial charge is 0.0512 e. The van der Waals surface area contributed by atoms with Crippen molar-refractivity contribution in [2.24, 2.45) is 0 Å². The Morgan fingerprint density at radius 2 is 1.76 bits per heavy atom. The van der Waals surface area contributed by atoms with Crippen LogP contribution < -0.4 is 0 Å². The quantitative estimate of drug-likeness (QED) is 0.768. The Hall–Kier alpha value is -0.0800. The van der Waals surface area contributed by atoms with Crippen molar-refractivity contribution in [3.8, 4) is 0 Å². The van der Waals surface area contributed by atoms with Crippen molar-refractivity contribution in [3.63, 3.8) is 0 Å². The van der Waals surface area contributed by atoms with Crippen LogP contribution in [-0.4, -0.2) is 34.2 Å². The van der Waals surface area contributed by atoms with Crippen LogP contribution in [0.1, 0.15) is 71.6 Å². The third-order valence-electron chi connectivity index (χ3n) is 4.71. The van der Waals surface area contributed by atoms with Gasteiger partial charge in [-0.15, -0.1) is 0 Å². The summed E-state index contributed by atoms with van der Waals surface area (Å²) in [7, 11) is 0. The van der Waals surface area contributed by atoms with Gasteiger partial charge in [0, 0.05) is 18.1 Å². The van der Waals surface area contributed by atoms with E-state index in [1.165, 1.54) is 51.4 Å². The predicted octanol–water partition coefficient (Wildman–Crippen LogP) is 3.33. The van der Waals surface area contributed by atoms with Crippen molar-refractivity contribution in [2.45, 2.75) is 95.9 Å². The summed E-state index contributed by atoms with van der Waals surface area (Å²) in [6, 6.07) is 2.62. The Morgan fingerprint density at radius 3 is 2.35 bits per heavy atom.